The third kappa shape index (κ3) is 3.71. The van der Waals surface area contributed by atoms with E-state index < -0.39 is 0 Å². The summed E-state index contributed by atoms with van der Waals surface area (Å²) >= 11 is 0. The van der Waals surface area contributed by atoms with Gasteiger partial charge in [0.2, 0.25) is 0 Å². The minimum absolute atomic E-state index is 0.0917. The van der Waals surface area contributed by atoms with Crippen LogP contribution in [0.15, 0.2) is 0 Å². The maximum Gasteiger partial charge on any atom is 0.0710 e. The fourth-order valence-corrected chi connectivity index (χ4v) is 3.45. The lowest BCUT2D eigenvalue weighted by Crippen LogP contribution is -2.63. The Bertz CT molecular complexity index is 305. The monoisotopic (exact) mass is 268 g/mol. The molecule has 0 aromatic rings. The molecule has 2 heterocycles. The fraction of sp³-hybridized carbons (Fsp3) is 1.00. The number of nitrogens with one attached hydrogen (secondary N) is 1. The summed E-state index contributed by atoms with van der Waals surface area (Å²) in [7, 11) is 0. The van der Waals surface area contributed by atoms with Crippen molar-refractivity contribution < 1.29 is 4.74 Å². The van der Waals surface area contributed by atoms with Crippen molar-refractivity contribution in [3.05, 3.63) is 0 Å². The Kier molecular flexibility index (Phi) is 4.59. The van der Waals surface area contributed by atoms with Crippen molar-refractivity contribution in [2.75, 3.05) is 19.6 Å². The Labute approximate surface area is 119 Å². The van der Waals surface area contributed by atoms with Crippen LogP contribution in [0.4, 0.5) is 0 Å². The summed E-state index contributed by atoms with van der Waals surface area (Å²) < 4.78 is 6.18. The van der Waals surface area contributed by atoms with Crippen molar-refractivity contribution in [3.8, 4) is 0 Å². The number of hydrogen-bond acceptors (Lipinski definition) is 3. The smallest absolute Gasteiger partial charge is 0.0710 e. The van der Waals surface area contributed by atoms with E-state index in [1.807, 2.05) is 0 Å². The third-order valence-corrected chi connectivity index (χ3v) is 5.08. The maximum atomic E-state index is 6.18. The fourth-order valence-electron chi connectivity index (χ4n) is 3.45. The molecule has 0 radical (unpaired) electrons. The van der Waals surface area contributed by atoms with E-state index in [2.05, 4.69) is 44.8 Å². The molecule has 1 N–H and O–H groups in total. The van der Waals surface area contributed by atoms with E-state index in [9.17, 15) is 0 Å². The second-order valence-electron chi connectivity index (χ2n) is 7.32. The summed E-state index contributed by atoms with van der Waals surface area (Å²) in [6, 6.07) is 0.673. The molecule has 3 nitrogen and oxygen atoms in total. The summed E-state index contributed by atoms with van der Waals surface area (Å²) in [6.07, 6.45) is 5.27. The molecule has 112 valence electrons. The van der Waals surface area contributed by atoms with Crippen molar-refractivity contribution in [2.24, 2.45) is 0 Å². The third-order valence-electron chi connectivity index (χ3n) is 5.08. The summed E-state index contributed by atoms with van der Waals surface area (Å²) in [6.45, 7) is 14.8. The maximum absolute atomic E-state index is 6.18. The average molecular weight is 268 g/mol. The Hall–Kier alpha value is -0.120. The molecular weight excluding hydrogens is 236 g/mol. The van der Waals surface area contributed by atoms with E-state index in [-0.39, 0.29) is 11.1 Å². The molecule has 0 aromatic carbocycles. The van der Waals surface area contributed by atoms with Crippen molar-refractivity contribution >= 4 is 0 Å². The van der Waals surface area contributed by atoms with E-state index in [0.29, 0.717) is 12.1 Å². The molecule has 19 heavy (non-hydrogen) atoms. The minimum Gasteiger partial charge on any atom is -0.371 e. The standard InChI is InChI=1S/C16H32N2O/c1-6-13-10-17-16(5,7-2)12-18(13)11-14-8-9-15(3,4)19-14/h13-14,17H,6-12H2,1-5H3. The van der Waals surface area contributed by atoms with Gasteiger partial charge in [0, 0.05) is 31.2 Å². The highest BCUT2D eigenvalue weighted by Gasteiger charge is 2.38. The first-order chi connectivity index (χ1) is 8.87. The van der Waals surface area contributed by atoms with Gasteiger partial charge in [0.1, 0.15) is 0 Å². The van der Waals surface area contributed by atoms with Gasteiger partial charge >= 0.3 is 0 Å². The van der Waals surface area contributed by atoms with Gasteiger partial charge in [-0.05, 0) is 46.5 Å². The summed E-state index contributed by atoms with van der Waals surface area (Å²) in [4.78, 5) is 2.67. The van der Waals surface area contributed by atoms with Gasteiger partial charge in [0.05, 0.1) is 11.7 Å². The Balaban J connectivity index is 1.95. The van der Waals surface area contributed by atoms with Gasteiger partial charge in [-0.25, -0.2) is 0 Å². The number of nitrogens with zero attached hydrogens (tertiary/aromatic N) is 1. The zero-order chi connectivity index (χ0) is 14.1. The molecule has 3 unspecified atom stereocenters. The topological polar surface area (TPSA) is 24.5 Å². The molecule has 0 aromatic heterocycles. The summed E-state index contributed by atoms with van der Waals surface area (Å²) in [5, 5.41) is 3.73. The Morgan fingerprint density at radius 2 is 2.00 bits per heavy atom. The lowest BCUT2D eigenvalue weighted by molar-refractivity contribution is -0.0433. The highest BCUT2D eigenvalue weighted by atomic mass is 16.5. The predicted molar refractivity (Wildman–Crippen MR) is 80.5 cm³/mol. The molecule has 0 aliphatic carbocycles. The zero-order valence-electron chi connectivity index (χ0n) is 13.5. The van der Waals surface area contributed by atoms with Gasteiger partial charge in [0.15, 0.2) is 0 Å². The van der Waals surface area contributed by atoms with Crippen LogP contribution in [-0.2, 0) is 4.74 Å². The van der Waals surface area contributed by atoms with Crippen LogP contribution in [0.25, 0.3) is 0 Å². The normalized spacial score (nSPS) is 39.6. The van der Waals surface area contributed by atoms with E-state index in [1.165, 1.54) is 25.7 Å². The largest absolute Gasteiger partial charge is 0.371 e. The van der Waals surface area contributed by atoms with Crippen LogP contribution in [0.3, 0.4) is 0 Å². The number of piperazine rings is 1. The molecule has 0 amide bonds. The molecule has 2 fully saturated rings. The molecular formula is C16H32N2O. The molecule has 0 bridgehead atoms. The SMILES string of the molecule is CCC1CNC(C)(CC)CN1CC1CCC(C)(C)O1. The van der Waals surface area contributed by atoms with E-state index >= 15 is 0 Å². The van der Waals surface area contributed by atoms with E-state index in [1.54, 1.807) is 0 Å². The Morgan fingerprint density at radius 1 is 1.26 bits per heavy atom. The average Bonchev–Trinajstić information content (AvgIpc) is 2.69. The summed E-state index contributed by atoms with van der Waals surface area (Å²) in [5.41, 5.74) is 0.369. The van der Waals surface area contributed by atoms with Crippen molar-refractivity contribution in [1.82, 2.24) is 10.2 Å². The number of hydrogen-bond donors (Lipinski definition) is 1. The van der Waals surface area contributed by atoms with Crippen molar-refractivity contribution in [1.29, 1.82) is 0 Å². The lowest BCUT2D eigenvalue weighted by atomic mass is 9.92. The first-order valence-corrected chi connectivity index (χ1v) is 8.04. The van der Waals surface area contributed by atoms with Gasteiger partial charge < -0.3 is 10.1 Å². The molecule has 3 heteroatoms. The van der Waals surface area contributed by atoms with Crippen LogP contribution in [0.5, 0.6) is 0 Å². The first kappa shape index (κ1) is 15.3. The minimum atomic E-state index is 0.0917. The molecule has 2 aliphatic rings. The molecule has 0 saturated carbocycles. The quantitative estimate of drug-likeness (QED) is 0.848. The molecule has 3 atom stereocenters. The van der Waals surface area contributed by atoms with Gasteiger partial charge in [-0.3, -0.25) is 4.90 Å². The van der Waals surface area contributed by atoms with Gasteiger partial charge in [-0.15, -0.1) is 0 Å². The molecule has 2 aliphatic heterocycles. The van der Waals surface area contributed by atoms with Crippen LogP contribution in [-0.4, -0.2) is 47.8 Å². The van der Waals surface area contributed by atoms with E-state index in [0.717, 1.165) is 19.6 Å². The lowest BCUT2D eigenvalue weighted by Gasteiger charge is -2.46. The number of rotatable bonds is 4. The highest BCUT2D eigenvalue weighted by molar-refractivity contribution is 4.95. The van der Waals surface area contributed by atoms with Crippen LogP contribution >= 0.6 is 0 Å². The van der Waals surface area contributed by atoms with Crippen LogP contribution in [0.2, 0.25) is 0 Å². The van der Waals surface area contributed by atoms with Gasteiger partial charge in [-0.1, -0.05) is 13.8 Å². The summed E-state index contributed by atoms with van der Waals surface area (Å²) in [5.74, 6) is 0. The van der Waals surface area contributed by atoms with Crippen LogP contribution in [0.1, 0.15) is 60.3 Å². The molecule has 0 spiro atoms. The van der Waals surface area contributed by atoms with Crippen LogP contribution in [0, 0.1) is 0 Å². The highest BCUT2D eigenvalue weighted by Crippen LogP contribution is 2.31. The van der Waals surface area contributed by atoms with Crippen molar-refractivity contribution in [3.63, 3.8) is 0 Å². The van der Waals surface area contributed by atoms with Gasteiger partial charge in [0.25, 0.3) is 0 Å². The second-order valence-corrected chi connectivity index (χ2v) is 7.32. The molecule has 2 saturated heterocycles. The van der Waals surface area contributed by atoms with E-state index in [4.69, 9.17) is 4.74 Å². The second kappa shape index (κ2) is 5.71. The zero-order valence-corrected chi connectivity index (χ0v) is 13.5. The first-order valence-electron chi connectivity index (χ1n) is 8.04. The van der Waals surface area contributed by atoms with Crippen molar-refractivity contribution in [2.45, 2.75) is 83.6 Å². The van der Waals surface area contributed by atoms with Crippen LogP contribution < -0.4 is 5.32 Å². The Morgan fingerprint density at radius 3 is 2.53 bits per heavy atom. The predicted octanol–water partition coefficient (Wildman–Crippen LogP) is 2.80. The number of ether oxygens (including phenoxy) is 1. The molecule has 2 rings (SSSR count). The van der Waals surface area contributed by atoms with Gasteiger partial charge in [-0.2, -0.15) is 0 Å².